The van der Waals surface area contributed by atoms with Crippen LogP contribution in [0.25, 0.3) is 0 Å². The number of benzene rings is 3. The fourth-order valence-electron chi connectivity index (χ4n) is 4.19. The average molecular weight is 452 g/mol. The van der Waals surface area contributed by atoms with Gasteiger partial charge in [-0.1, -0.05) is 60.7 Å². The standard InChI is InChI=1S/C26H27F2N3O2/c27-26(28)33-23-13-11-22(12-14-23)29-24(32)19-30-15-17-31(18-16-30)25(20-7-3-1-4-8-20)21-9-5-2-6-10-21/h1-14,25-26H,15-19H2,(H,29,32). The van der Waals surface area contributed by atoms with E-state index >= 15 is 0 Å². The normalized spacial score (nSPS) is 15.0. The third kappa shape index (κ3) is 6.37. The Morgan fingerprint density at radius 1 is 0.818 bits per heavy atom. The number of piperazine rings is 1. The van der Waals surface area contributed by atoms with Gasteiger partial charge in [0.15, 0.2) is 0 Å². The first kappa shape index (κ1) is 22.9. The van der Waals surface area contributed by atoms with E-state index in [1.54, 1.807) is 12.1 Å². The smallest absolute Gasteiger partial charge is 0.387 e. The number of rotatable bonds is 8. The van der Waals surface area contributed by atoms with E-state index in [-0.39, 0.29) is 24.2 Å². The lowest BCUT2D eigenvalue weighted by Gasteiger charge is -2.39. The number of nitrogens with zero attached hydrogens (tertiary/aromatic N) is 2. The molecule has 7 heteroatoms. The Hall–Kier alpha value is -3.29. The summed E-state index contributed by atoms with van der Waals surface area (Å²) in [7, 11) is 0. The Morgan fingerprint density at radius 3 is 1.88 bits per heavy atom. The van der Waals surface area contributed by atoms with Crippen LogP contribution in [-0.2, 0) is 4.79 Å². The molecule has 0 atom stereocenters. The van der Waals surface area contributed by atoms with Crippen LogP contribution in [0.3, 0.4) is 0 Å². The number of amides is 1. The minimum Gasteiger partial charge on any atom is -0.435 e. The van der Waals surface area contributed by atoms with Crippen LogP contribution in [-0.4, -0.2) is 55.0 Å². The average Bonchev–Trinajstić information content (AvgIpc) is 2.83. The largest absolute Gasteiger partial charge is 0.435 e. The van der Waals surface area contributed by atoms with Crippen molar-refractivity contribution >= 4 is 11.6 Å². The van der Waals surface area contributed by atoms with Crippen LogP contribution in [0, 0.1) is 0 Å². The highest BCUT2D eigenvalue weighted by Crippen LogP contribution is 2.29. The first-order chi connectivity index (χ1) is 16.1. The zero-order chi connectivity index (χ0) is 23.0. The number of carbonyl (C=O) groups excluding carboxylic acids is 1. The molecule has 0 spiro atoms. The maximum Gasteiger partial charge on any atom is 0.387 e. The minimum absolute atomic E-state index is 0.0607. The summed E-state index contributed by atoms with van der Waals surface area (Å²) < 4.78 is 28.9. The van der Waals surface area contributed by atoms with Crippen molar-refractivity contribution in [2.45, 2.75) is 12.7 Å². The monoisotopic (exact) mass is 451 g/mol. The van der Waals surface area contributed by atoms with E-state index < -0.39 is 6.61 Å². The fourth-order valence-corrected chi connectivity index (χ4v) is 4.19. The molecule has 1 heterocycles. The first-order valence-electron chi connectivity index (χ1n) is 11.0. The van der Waals surface area contributed by atoms with Gasteiger partial charge in [-0.05, 0) is 35.4 Å². The molecule has 3 aromatic rings. The lowest BCUT2D eigenvalue weighted by Crippen LogP contribution is -2.49. The molecule has 0 aromatic heterocycles. The number of ether oxygens (including phenoxy) is 1. The third-order valence-corrected chi connectivity index (χ3v) is 5.73. The van der Waals surface area contributed by atoms with Gasteiger partial charge < -0.3 is 10.1 Å². The number of alkyl halides is 2. The van der Waals surface area contributed by atoms with Gasteiger partial charge in [-0.3, -0.25) is 14.6 Å². The highest BCUT2D eigenvalue weighted by atomic mass is 19.3. The van der Waals surface area contributed by atoms with Crippen molar-refractivity contribution in [2.75, 3.05) is 38.0 Å². The van der Waals surface area contributed by atoms with Crippen molar-refractivity contribution in [1.29, 1.82) is 0 Å². The first-order valence-corrected chi connectivity index (χ1v) is 11.0. The predicted molar refractivity (Wildman–Crippen MR) is 124 cm³/mol. The minimum atomic E-state index is -2.87. The molecule has 1 amide bonds. The van der Waals surface area contributed by atoms with Gasteiger partial charge in [-0.15, -0.1) is 0 Å². The molecule has 1 aliphatic heterocycles. The zero-order valence-corrected chi connectivity index (χ0v) is 18.2. The molecule has 1 N–H and O–H groups in total. The Balaban J connectivity index is 1.32. The van der Waals surface area contributed by atoms with E-state index in [1.807, 2.05) is 12.1 Å². The molecule has 0 bridgehead atoms. The summed E-state index contributed by atoms with van der Waals surface area (Å²) in [6, 6.07) is 27.1. The third-order valence-electron chi connectivity index (χ3n) is 5.73. The Kier molecular flexibility index (Phi) is 7.65. The Bertz CT molecular complexity index is 969. The second kappa shape index (κ2) is 11.0. The van der Waals surface area contributed by atoms with Crippen molar-refractivity contribution < 1.29 is 18.3 Å². The van der Waals surface area contributed by atoms with E-state index in [0.29, 0.717) is 5.69 Å². The lowest BCUT2D eigenvalue weighted by molar-refractivity contribution is -0.117. The Labute approximate surface area is 192 Å². The molecular formula is C26H27F2N3O2. The number of nitrogens with one attached hydrogen (secondary N) is 1. The number of carbonyl (C=O) groups is 1. The molecule has 0 radical (unpaired) electrons. The molecular weight excluding hydrogens is 424 g/mol. The summed E-state index contributed by atoms with van der Waals surface area (Å²) in [5.74, 6) is -0.0702. The van der Waals surface area contributed by atoms with Gasteiger partial charge in [0.2, 0.25) is 5.91 Å². The summed E-state index contributed by atoms with van der Waals surface area (Å²) in [4.78, 5) is 17.1. The van der Waals surface area contributed by atoms with Gasteiger partial charge in [0.25, 0.3) is 0 Å². The number of anilines is 1. The van der Waals surface area contributed by atoms with Crippen LogP contribution in [0.2, 0.25) is 0 Å². The highest BCUT2D eigenvalue weighted by Gasteiger charge is 2.27. The molecule has 1 fully saturated rings. The topological polar surface area (TPSA) is 44.8 Å². The second-order valence-electron chi connectivity index (χ2n) is 7.99. The molecule has 1 aliphatic rings. The zero-order valence-electron chi connectivity index (χ0n) is 18.2. The SMILES string of the molecule is O=C(CN1CCN(C(c2ccccc2)c2ccccc2)CC1)Nc1ccc(OC(F)F)cc1. The second-order valence-corrected chi connectivity index (χ2v) is 7.99. The fraction of sp³-hybridized carbons (Fsp3) is 0.269. The molecule has 1 saturated heterocycles. The molecule has 172 valence electrons. The Morgan fingerprint density at radius 2 is 1.36 bits per heavy atom. The number of hydrogen-bond acceptors (Lipinski definition) is 4. The van der Waals surface area contributed by atoms with Crippen molar-refractivity contribution in [3.05, 3.63) is 96.1 Å². The molecule has 4 rings (SSSR count). The van der Waals surface area contributed by atoms with Gasteiger partial charge in [-0.25, -0.2) is 0 Å². The molecule has 0 unspecified atom stereocenters. The van der Waals surface area contributed by atoms with E-state index in [1.165, 1.54) is 23.3 Å². The van der Waals surface area contributed by atoms with E-state index in [0.717, 1.165) is 26.2 Å². The van der Waals surface area contributed by atoms with Crippen molar-refractivity contribution in [3.8, 4) is 5.75 Å². The van der Waals surface area contributed by atoms with Crippen molar-refractivity contribution in [2.24, 2.45) is 0 Å². The molecule has 33 heavy (non-hydrogen) atoms. The number of halogens is 2. The summed E-state index contributed by atoms with van der Waals surface area (Å²) in [6.45, 7) is 0.676. The van der Waals surface area contributed by atoms with Crippen LogP contribution >= 0.6 is 0 Å². The summed E-state index contributed by atoms with van der Waals surface area (Å²) in [5.41, 5.74) is 3.07. The molecule has 3 aromatic carbocycles. The lowest BCUT2D eigenvalue weighted by atomic mass is 9.96. The van der Waals surface area contributed by atoms with E-state index in [9.17, 15) is 13.6 Å². The summed E-state index contributed by atoms with van der Waals surface area (Å²) in [6.07, 6.45) is 0. The van der Waals surface area contributed by atoms with Crippen LogP contribution in [0.1, 0.15) is 17.2 Å². The van der Waals surface area contributed by atoms with Crippen molar-refractivity contribution in [3.63, 3.8) is 0 Å². The highest BCUT2D eigenvalue weighted by molar-refractivity contribution is 5.92. The van der Waals surface area contributed by atoms with Crippen LogP contribution in [0.4, 0.5) is 14.5 Å². The van der Waals surface area contributed by atoms with E-state index in [2.05, 4.69) is 68.4 Å². The van der Waals surface area contributed by atoms with Gasteiger partial charge in [0.1, 0.15) is 5.75 Å². The maximum absolute atomic E-state index is 12.5. The predicted octanol–water partition coefficient (Wildman–Crippen LogP) is 4.63. The van der Waals surface area contributed by atoms with Crippen LogP contribution in [0.15, 0.2) is 84.9 Å². The van der Waals surface area contributed by atoms with Gasteiger partial charge in [-0.2, -0.15) is 8.78 Å². The molecule has 5 nitrogen and oxygen atoms in total. The van der Waals surface area contributed by atoms with Gasteiger partial charge in [0, 0.05) is 31.9 Å². The van der Waals surface area contributed by atoms with Crippen LogP contribution in [0.5, 0.6) is 5.75 Å². The molecule has 0 saturated carbocycles. The molecule has 0 aliphatic carbocycles. The van der Waals surface area contributed by atoms with Gasteiger partial charge in [0.05, 0.1) is 12.6 Å². The summed E-state index contributed by atoms with van der Waals surface area (Å²) >= 11 is 0. The van der Waals surface area contributed by atoms with Gasteiger partial charge >= 0.3 is 6.61 Å². The maximum atomic E-state index is 12.5. The van der Waals surface area contributed by atoms with Crippen molar-refractivity contribution in [1.82, 2.24) is 9.80 Å². The van der Waals surface area contributed by atoms with Crippen LogP contribution < -0.4 is 10.1 Å². The quantitative estimate of drug-likeness (QED) is 0.542. The summed E-state index contributed by atoms with van der Waals surface area (Å²) in [5, 5.41) is 2.82. The number of hydrogen-bond donors (Lipinski definition) is 1. The van der Waals surface area contributed by atoms with E-state index in [4.69, 9.17) is 0 Å².